The van der Waals surface area contributed by atoms with Crippen molar-refractivity contribution in [3.05, 3.63) is 0 Å². The minimum atomic E-state index is -1.24. The summed E-state index contributed by atoms with van der Waals surface area (Å²) in [6.07, 6.45) is 0. The number of carbonyl (C=O) groups is 1. The topological polar surface area (TPSA) is 49.3 Å². The molecule has 3 nitrogen and oxygen atoms in total. The van der Waals surface area contributed by atoms with Crippen LogP contribution in [0.15, 0.2) is 0 Å². The highest BCUT2D eigenvalue weighted by Gasteiger charge is 2.21. The molecule has 48 valence electrons. The Kier molecular flexibility index (Phi) is 1.98. The lowest BCUT2D eigenvalue weighted by Gasteiger charge is -2.13. The molecule has 0 unspecified atom stereocenters. The molecular formula is C5H11NO2. The second-order valence-electron chi connectivity index (χ2n) is 2.14. The largest absolute Gasteiger partial charge is 0.381 e. The average molecular weight is 117 g/mol. The van der Waals surface area contributed by atoms with Gasteiger partial charge in [0.05, 0.1) is 0 Å². The smallest absolute Gasteiger partial charge is 0.251 e. The van der Waals surface area contributed by atoms with Crippen molar-refractivity contribution >= 4 is 5.91 Å². The van der Waals surface area contributed by atoms with Gasteiger partial charge in [0.15, 0.2) is 0 Å². The van der Waals surface area contributed by atoms with Crippen LogP contribution in [-0.2, 0) is 4.79 Å². The van der Waals surface area contributed by atoms with E-state index in [1.54, 1.807) is 0 Å². The maximum absolute atomic E-state index is 10.5. The minimum absolute atomic E-state index is 0.363. The molecule has 0 spiro atoms. The van der Waals surface area contributed by atoms with Crippen molar-refractivity contribution in [1.29, 1.82) is 0 Å². The van der Waals surface area contributed by atoms with Crippen LogP contribution in [0.2, 0.25) is 0 Å². The van der Waals surface area contributed by atoms with E-state index in [0.29, 0.717) is 0 Å². The van der Waals surface area contributed by atoms with Gasteiger partial charge in [0, 0.05) is 7.05 Å². The Bertz CT molecular complexity index is 93.1. The first-order chi connectivity index (χ1) is 3.48. The Balaban J connectivity index is 3.82. The zero-order valence-electron chi connectivity index (χ0n) is 5.36. The van der Waals surface area contributed by atoms with Gasteiger partial charge in [0.25, 0.3) is 5.91 Å². The van der Waals surface area contributed by atoms with Crippen LogP contribution in [0.1, 0.15) is 13.8 Å². The van der Waals surface area contributed by atoms with Crippen LogP contribution >= 0.6 is 0 Å². The SMILES string of the molecule is CNC(=O)C(C)(C)O. The molecule has 0 aliphatic rings. The van der Waals surface area contributed by atoms with E-state index in [9.17, 15) is 4.79 Å². The Labute approximate surface area is 48.7 Å². The second kappa shape index (κ2) is 2.13. The first-order valence-corrected chi connectivity index (χ1v) is 2.43. The second-order valence-corrected chi connectivity index (χ2v) is 2.14. The van der Waals surface area contributed by atoms with Crippen LogP contribution in [0.5, 0.6) is 0 Å². The summed E-state index contributed by atoms with van der Waals surface area (Å²) in [6.45, 7) is 2.87. The van der Waals surface area contributed by atoms with Gasteiger partial charge >= 0.3 is 0 Å². The Hall–Kier alpha value is -0.570. The highest BCUT2D eigenvalue weighted by Crippen LogP contribution is 1.97. The molecule has 0 aliphatic carbocycles. The van der Waals surface area contributed by atoms with Gasteiger partial charge in [-0.3, -0.25) is 4.79 Å². The van der Waals surface area contributed by atoms with Crippen molar-refractivity contribution in [2.24, 2.45) is 0 Å². The molecule has 1 amide bonds. The summed E-state index contributed by atoms with van der Waals surface area (Å²) in [6, 6.07) is 0. The lowest BCUT2D eigenvalue weighted by Crippen LogP contribution is -2.39. The standard InChI is InChI=1S/C5H11NO2/c1-5(2,8)4(7)6-3/h8H,1-3H3,(H,6,7). The molecule has 3 heteroatoms. The van der Waals surface area contributed by atoms with Crippen molar-refractivity contribution in [3.8, 4) is 0 Å². The van der Waals surface area contributed by atoms with Crippen LogP contribution in [0.25, 0.3) is 0 Å². The fraction of sp³-hybridized carbons (Fsp3) is 0.800. The highest BCUT2D eigenvalue weighted by molar-refractivity contribution is 5.83. The summed E-state index contributed by atoms with van der Waals surface area (Å²) >= 11 is 0. The monoisotopic (exact) mass is 117 g/mol. The van der Waals surface area contributed by atoms with Crippen molar-refractivity contribution in [3.63, 3.8) is 0 Å². The van der Waals surface area contributed by atoms with Gasteiger partial charge in [-0.2, -0.15) is 0 Å². The summed E-state index contributed by atoms with van der Waals surface area (Å²) in [7, 11) is 1.49. The van der Waals surface area contributed by atoms with E-state index in [-0.39, 0.29) is 5.91 Å². The van der Waals surface area contributed by atoms with Crippen molar-refractivity contribution in [2.45, 2.75) is 19.4 Å². The first kappa shape index (κ1) is 7.43. The van der Waals surface area contributed by atoms with E-state index < -0.39 is 5.60 Å². The Morgan fingerprint density at radius 3 is 2.00 bits per heavy atom. The van der Waals surface area contributed by atoms with Crippen LogP contribution in [0, 0.1) is 0 Å². The van der Waals surface area contributed by atoms with Gasteiger partial charge in [-0.25, -0.2) is 0 Å². The molecule has 0 saturated carbocycles. The third-order valence-electron chi connectivity index (χ3n) is 0.783. The summed E-state index contributed by atoms with van der Waals surface area (Å²) in [5.41, 5.74) is -1.24. The van der Waals surface area contributed by atoms with Crippen LogP contribution in [0.3, 0.4) is 0 Å². The number of hydrogen-bond acceptors (Lipinski definition) is 2. The van der Waals surface area contributed by atoms with Crippen molar-refractivity contribution < 1.29 is 9.90 Å². The quantitative estimate of drug-likeness (QED) is 0.486. The lowest BCUT2D eigenvalue weighted by atomic mass is 10.1. The normalized spacial score (nSPS) is 11.0. The molecule has 0 bridgehead atoms. The highest BCUT2D eigenvalue weighted by atomic mass is 16.3. The average Bonchev–Trinajstić information content (AvgIpc) is 1.62. The van der Waals surface area contributed by atoms with Gasteiger partial charge in [-0.05, 0) is 13.8 Å². The summed E-state index contributed by atoms with van der Waals surface area (Å²) in [4.78, 5) is 10.5. The number of rotatable bonds is 1. The van der Waals surface area contributed by atoms with E-state index in [2.05, 4.69) is 5.32 Å². The molecule has 0 saturated heterocycles. The zero-order valence-corrected chi connectivity index (χ0v) is 5.36. The zero-order chi connectivity index (χ0) is 6.78. The predicted octanol–water partition coefficient (Wildman–Crippen LogP) is -0.497. The number of hydrogen-bond donors (Lipinski definition) is 2. The lowest BCUT2D eigenvalue weighted by molar-refractivity contribution is -0.135. The number of aliphatic hydroxyl groups is 1. The molecule has 0 aliphatic heterocycles. The summed E-state index contributed by atoms with van der Waals surface area (Å²) in [5, 5.41) is 11.2. The van der Waals surface area contributed by atoms with Crippen LogP contribution < -0.4 is 5.32 Å². The van der Waals surface area contributed by atoms with Crippen LogP contribution in [0.4, 0.5) is 0 Å². The van der Waals surface area contributed by atoms with E-state index in [0.717, 1.165) is 0 Å². The maximum atomic E-state index is 10.5. The first-order valence-electron chi connectivity index (χ1n) is 2.43. The maximum Gasteiger partial charge on any atom is 0.251 e. The molecule has 0 aromatic heterocycles. The van der Waals surface area contributed by atoms with Crippen molar-refractivity contribution in [2.75, 3.05) is 7.05 Å². The van der Waals surface area contributed by atoms with E-state index in [4.69, 9.17) is 5.11 Å². The number of nitrogens with one attached hydrogen (secondary N) is 1. The number of amides is 1. The third kappa shape index (κ3) is 1.93. The van der Waals surface area contributed by atoms with Crippen LogP contribution in [-0.4, -0.2) is 23.7 Å². The van der Waals surface area contributed by atoms with E-state index in [1.807, 2.05) is 0 Å². The molecule has 0 radical (unpaired) electrons. The third-order valence-corrected chi connectivity index (χ3v) is 0.783. The van der Waals surface area contributed by atoms with Gasteiger partial charge in [-0.15, -0.1) is 0 Å². The molecule has 0 rings (SSSR count). The molecule has 0 aromatic carbocycles. The molecule has 0 aromatic rings. The molecule has 0 fully saturated rings. The number of carbonyl (C=O) groups excluding carboxylic acids is 1. The van der Waals surface area contributed by atoms with Gasteiger partial charge in [0.1, 0.15) is 5.60 Å². The molecule has 0 atom stereocenters. The van der Waals surface area contributed by atoms with Crippen molar-refractivity contribution in [1.82, 2.24) is 5.32 Å². The fourth-order valence-corrected chi connectivity index (χ4v) is 0.306. The van der Waals surface area contributed by atoms with E-state index in [1.165, 1.54) is 20.9 Å². The summed E-state index contributed by atoms with van der Waals surface area (Å²) in [5.74, 6) is -0.363. The molecule has 0 heterocycles. The van der Waals surface area contributed by atoms with E-state index >= 15 is 0 Å². The fourth-order valence-electron chi connectivity index (χ4n) is 0.306. The Morgan fingerprint density at radius 1 is 1.62 bits per heavy atom. The van der Waals surface area contributed by atoms with Gasteiger partial charge in [-0.1, -0.05) is 0 Å². The molecule has 8 heavy (non-hydrogen) atoms. The summed E-state index contributed by atoms with van der Waals surface area (Å²) < 4.78 is 0. The number of likely N-dealkylation sites (N-methyl/N-ethyl adjacent to an activating group) is 1. The predicted molar refractivity (Wildman–Crippen MR) is 30.4 cm³/mol. The Morgan fingerprint density at radius 2 is 2.00 bits per heavy atom. The molecular weight excluding hydrogens is 106 g/mol. The molecule has 2 N–H and O–H groups in total. The van der Waals surface area contributed by atoms with Gasteiger partial charge in [0.2, 0.25) is 0 Å². The minimum Gasteiger partial charge on any atom is -0.381 e. The van der Waals surface area contributed by atoms with Gasteiger partial charge < -0.3 is 10.4 Å².